The van der Waals surface area contributed by atoms with Crippen LogP contribution in [0.1, 0.15) is 40.8 Å². The van der Waals surface area contributed by atoms with Crippen molar-refractivity contribution in [3.63, 3.8) is 0 Å². The first-order chi connectivity index (χ1) is 13.5. The number of aromatic nitrogens is 1. The van der Waals surface area contributed by atoms with Crippen LogP contribution in [0.15, 0.2) is 29.6 Å². The first kappa shape index (κ1) is 20.1. The summed E-state index contributed by atoms with van der Waals surface area (Å²) in [5, 5.41) is 6.01. The minimum Gasteiger partial charge on any atom is -0.487 e. The van der Waals surface area contributed by atoms with E-state index in [9.17, 15) is 9.59 Å². The highest BCUT2D eigenvalue weighted by Gasteiger charge is 2.24. The first-order valence-electron chi connectivity index (χ1n) is 9.41. The van der Waals surface area contributed by atoms with Crippen molar-refractivity contribution in [3.05, 3.63) is 45.9 Å². The molecule has 28 heavy (non-hydrogen) atoms. The van der Waals surface area contributed by atoms with Crippen molar-refractivity contribution in [2.24, 2.45) is 0 Å². The molecule has 1 fully saturated rings. The highest BCUT2D eigenvalue weighted by atomic mass is 32.1. The molecule has 1 aliphatic rings. The molecule has 0 radical (unpaired) electrons. The predicted molar refractivity (Wildman–Crippen MR) is 107 cm³/mol. The SMILES string of the molecule is CCOC(=O)N1CCC(NC(=O)c2cccc(OCc3csc(C)n3)c2)CC1. The van der Waals surface area contributed by atoms with Gasteiger partial charge in [0.2, 0.25) is 0 Å². The topological polar surface area (TPSA) is 80.8 Å². The number of aryl methyl sites for hydroxylation is 1. The molecule has 0 atom stereocenters. The minimum absolute atomic E-state index is 0.0423. The number of rotatable bonds is 6. The van der Waals surface area contributed by atoms with Crippen molar-refractivity contribution in [2.45, 2.75) is 39.3 Å². The average Bonchev–Trinajstić information content (AvgIpc) is 3.12. The lowest BCUT2D eigenvalue weighted by Gasteiger charge is -2.31. The lowest BCUT2D eigenvalue weighted by atomic mass is 10.0. The monoisotopic (exact) mass is 403 g/mol. The van der Waals surface area contributed by atoms with Gasteiger partial charge in [0.15, 0.2) is 0 Å². The Morgan fingerprint density at radius 3 is 2.79 bits per heavy atom. The van der Waals surface area contributed by atoms with Crippen LogP contribution in [0, 0.1) is 6.92 Å². The number of carbonyl (C=O) groups excluding carboxylic acids is 2. The van der Waals surface area contributed by atoms with Gasteiger partial charge in [-0.3, -0.25) is 4.79 Å². The average molecular weight is 404 g/mol. The van der Waals surface area contributed by atoms with Gasteiger partial charge in [0.05, 0.1) is 17.3 Å². The summed E-state index contributed by atoms with van der Waals surface area (Å²) in [5.74, 6) is 0.500. The Balaban J connectivity index is 1.50. The molecule has 1 N–H and O–H groups in total. The quantitative estimate of drug-likeness (QED) is 0.800. The Kier molecular flexibility index (Phi) is 6.86. The second-order valence-electron chi connectivity index (χ2n) is 6.61. The van der Waals surface area contributed by atoms with Gasteiger partial charge in [-0.1, -0.05) is 6.07 Å². The van der Waals surface area contributed by atoms with Gasteiger partial charge in [-0.25, -0.2) is 9.78 Å². The van der Waals surface area contributed by atoms with Crippen LogP contribution < -0.4 is 10.1 Å². The summed E-state index contributed by atoms with van der Waals surface area (Å²) in [6.07, 6.45) is 1.14. The third-order valence-corrected chi connectivity index (χ3v) is 5.33. The molecule has 8 heteroatoms. The molecule has 1 aromatic carbocycles. The molecule has 0 aliphatic carbocycles. The van der Waals surface area contributed by atoms with Crippen molar-refractivity contribution in [1.82, 2.24) is 15.2 Å². The van der Waals surface area contributed by atoms with Gasteiger partial charge in [-0.15, -0.1) is 11.3 Å². The molecule has 1 aliphatic heterocycles. The molecule has 0 saturated carbocycles. The van der Waals surface area contributed by atoms with Crippen LogP contribution in [0.2, 0.25) is 0 Å². The van der Waals surface area contributed by atoms with Gasteiger partial charge >= 0.3 is 6.09 Å². The van der Waals surface area contributed by atoms with E-state index in [1.54, 1.807) is 41.4 Å². The molecule has 2 heterocycles. The third-order valence-electron chi connectivity index (χ3n) is 4.51. The fourth-order valence-corrected chi connectivity index (χ4v) is 3.65. The summed E-state index contributed by atoms with van der Waals surface area (Å²) in [6.45, 7) is 5.66. The number of nitrogens with one attached hydrogen (secondary N) is 1. The number of hydrogen-bond donors (Lipinski definition) is 1. The molecule has 0 spiro atoms. The van der Waals surface area contributed by atoms with Crippen molar-refractivity contribution >= 4 is 23.3 Å². The fraction of sp³-hybridized carbons (Fsp3) is 0.450. The predicted octanol–water partition coefficient (Wildman–Crippen LogP) is 3.38. The molecule has 1 aromatic heterocycles. The third kappa shape index (κ3) is 5.45. The Morgan fingerprint density at radius 1 is 1.32 bits per heavy atom. The number of piperidine rings is 1. The lowest BCUT2D eigenvalue weighted by Crippen LogP contribution is -2.46. The second kappa shape index (κ2) is 9.54. The number of amides is 2. The summed E-state index contributed by atoms with van der Waals surface area (Å²) in [7, 11) is 0. The molecule has 7 nitrogen and oxygen atoms in total. The van der Waals surface area contributed by atoms with Gasteiger partial charge in [0, 0.05) is 30.1 Å². The Labute approximate surface area is 168 Å². The molecular formula is C20H25N3O4S. The zero-order valence-corrected chi connectivity index (χ0v) is 17.0. The van der Waals surface area contributed by atoms with Gasteiger partial charge < -0.3 is 19.7 Å². The molecule has 0 unspecified atom stereocenters. The highest BCUT2D eigenvalue weighted by molar-refractivity contribution is 7.09. The largest absolute Gasteiger partial charge is 0.487 e. The van der Waals surface area contributed by atoms with E-state index < -0.39 is 0 Å². The molecular weight excluding hydrogens is 378 g/mol. The number of likely N-dealkylation sites (tertiary alicyclic amines) is 1. The standard InChI is InChI=1S/C20H25N3O4S/c1-3-26-20(25)23-9-7-16(8-10-23)22-19(24)15-5-4-6-18(11-15)27-12-17-13-28-14(2)21-17/h4-6,11,13,16H,3,7-10,12H2,1-2H3,(H,22,24). The molecule has 1 saturated heterocycles. The maximum atomic E-state index is 12.6. The zero-order valence-electron chi connectivity index (χ0n) is 16.1. The maximum Gasteiger partial charge on any atom is 0.409 e. The van der Waals surface area contributed by atoms with Gasteiger partial charge in [0.25, 0.3) is 5.91 Å². The van der Waals surface area contributed by atoms with Crippen LogP contribution in [0.3, 0.4) is 0 Å². The van der Waals surface area contributed by atoms with E-state index in [2.05, 4.69) is 10.3 Å². The Bertz CT molecular complexity index is 815. The number of thiazole rings is 1. The van der Waals surface area contributed by atoms with E-state index >= 15 is 0 Å². The van der Waals surface area contributed by atoms with Gasteiger partial charge in [-0.05, 0) is 44.9 Å². The number of carbonyl (C=O) groups is 2. The summed E-state index contributed by atoms with van der Waals surface area (Å²) in [5.41, 5.74) is 1.44. The van der Waals surface area contributed by atoms with E-state index in [0.717, 1.165) is 10.7 Å². The van der Waals surface area contributed by atoms with E-state index in [1.807, 2.05) is 18.4 Å². The van der Waals surface area contributed by atoms with Crippen molar-refractivity contribution in [1.29, 1.82) is 0 Å². The number of benzene rings is 1. The van der Waals surface area contributed by atoms with Gasteiger partial charge in [0.1, 0.15) is 12.4 Å². The highest BCUT2D eigenvalue weighted by Crippen LogP contribution is 2.17. The van der Waals surface area contributed by atoms with Gasteiger partial charge in [-0.2, -0.15) is 0 Å². The lowest BCUT2D eigenvalue weighted by molar-refractivity contribution is 0.0859. The zero-order chi connectivity index (χ0) is 19.9. The second-order valence-corrected chi connectivity index (χ2v) is 7.67. The van der Waals surface area contributed by atoms with E-state index in [-0.39, 0.29) is 18.0 Å². The normalized spacial score (nSPS) is 14.6. The molecule has 2 amide bonds. The van der Waals surface area contributed by atoms with Crippen molar-refractivity contribution in [2.75, 3.05) is 19.7 Å². The maximum absolute atomic E-state index is 12.6. The van der Waals surface area contributed by atoms with Crippen LogP contribution >= 0.6 is 11.3 Å². The smallest absolute Gasteiger partial charge is 0.409 e. The number of nitrogens with zero attached hydrogens (tertiary/aromatic N) is 2. The Morgan fingerprint density at radius 2 is 2.11 bits per heavy atom. The van der Waals surface area contributed by atoms with E-state index in [4.69, 9.17) is 9.47 Å². The van der Waals surface area contributed by atoms with Crippen molar-refractivity contribution < 1.29 is 19.1 Å². The van der Waals surface area contributed by atoms with Crippen molar-refractivity contribution in [3.8, 4) is 5.75 Å². The van der Waals surface area contributed by atoms with Crippen LogP contribution in [0.25, 0.3) is 0 Å². The molecule has 3 rings (SSSR count). The summed E-state index contributed by atoms with van der Waals surface area (Å²) in [6, 6.07) is 7.18. The molecule has 2 aromatic rings. The summed E-state index contributed by atoms with van der Waals surface area (Å²) >= 11 is 1.58. The Hall–Kier alpha value is -2.61. The van der Waals surface area contributed by atoms with E-state index in [0.29, 0.717) is 50.5 Å². The minimum atomic E-state index is -0.285. The summed E-state index contributed by atoms with van der Waals surface area (Å²) in [4.78, 5) is 30.4. The van der Waals surface area contributed by atoms with E-state index in [1.165, 1.54) is 0 Å². The summed E-state index contributed by atoms with van der Waals surface area (Å²) < 4.78 is 10.8. The molecule has 150 valence electrons. The van der Waals surface area contributed by atoms with Crippen LogP contribution in [0.4, 0.5) is 4.79 Å². The first-order valence-corrected chi connectivity index (χ1v) is 10.3. The van der Waals surface area contributed by atoms with Crippen LogP contribution in [-0.2, 0) is 11.3 Å². The number of ether oxygens (including phenoxy) is 2. The fourth-order valence-electron chi connectivity index (χ4n) is 3.05. The number of hydrogen-bond acceptors (Lipinski definition) is 6. The molecule has 0 bridgehead atoms. The van der Waals surface area contributed by atoms with Crippen LogP contribution in [0.5, 0.6) is 5.75 Å². The van der Waals surface area contributed by atoms with Crippen LogP contribution in [-0.4, -0.2) is 47.6 Å².